The highest BCUT2D eigenvalue weighted by Crippen LogP contribution is 2.15. The summed E-state index contributed by atoms with van der Waals surface area (Å²) in [5.41, 5.74) is 8.56. The molecule has 2 aromatic rings. The molecule has 0 heterocycles. The highest BCUT2D eigenvalue weighted by Gasteiger charge is 2.11. The van der Waals surface area contributed by atoms with Gasteiger partial charge in [-0.1, -0.05) is 12.1 Å². The molecule has 2 N–H and O–H groups in total. The fraction of sp³-hybridized carbons (Fsp3) is 0.125. The number of nitriles is 1. The Bertz CT molecular complexity index is 639. The van der Waals surface area contributed by atoms with Crippen molar-refractivity contribution in [3.8, 4) is 6.07 Å². The van der Waals surface area contributed by atoms with Crippen LogP contribution in [0.1, 0.15) is 11.1 Å². The average Bonchev–Trinajstić information content (AvgIpc) is 2.49. The summed E-state index contributed by atoms with van der Waals surface area (Å²) in [6, 6.07) is 16.2. The molecule has 0 aliphatic heterocycles. The van der Waals surface area contributed by atoms with Crippen molar-refractivity contribution in [2.75, 3.05) is 17.7 Å². The maximum absolute atomic E-state index is 12.2. The third-order valence-electron chi connectivity index (χ3n) is 3.09. The van der Waals surface area contributed by atoms with Crippen molar-refractivity contribution >= 4 is 17.3 Å². The molecule has 0 aliphatic carbocycles. The van der Waals surface area contributed by atoms with E-state index >= 15 is 0 Å². The minimum atomic E-state index is -0.0144. The van der Waals surface area contributed by atoms with Crippen molar-refractivity contribution < 1.29 is 4.79 Å². The second kappa shape index (κ2) is 5.89. The maximum Gasteiger partial charge on any atom is 0.231 e. The van der Waals surface area contributed by atoms with Crippen LogP contribution >= 0.6 is 0 Å². The second-order valence-corrected chi connectivity index (χ2v) is 4.53. The molecule has 20 heavy (non-hydrogen) atoms. The smallest absolute Gasteiger partial charge is 0.231 e. The van der Waals surface area contributed by atoms with Crippen molar-refractivity contribution in [2.45, 2.75) is 6.42 Å². The van der Waals surface area contributed by atoms with Crippen LogP contribution in [0.3, 0.4) is 0 Å². The van der Waals surface area contributed by atoms with Gasteiger partial charge in [0.05, 0.1) is 18.1 Å². The van der Waals surface area contributed by atoms with Crippen LogP contribution < -0.4 is 10.6 Å². The fourth-order valence-corrected chi connectivity index (χ4v) is 1.83. The van der Waals surface area contributed by atoms with Gasteiger partial charge in [0.2, 0.25) is 5.91 Å². The van der Waals surface area contributed by atoms with Gasteiger partial charge in [-0.05, 0) is 42.0 Å². The zero-order chi connectivity index (χ0) is 14.5. The van der Waals surface area contributed by atoms with Gasteiger partial charge < -0.3 is 10.6 Å². The third-order valence-corrected chi connectivity index (χ3v) is 3.09. The van der Waals surface area contributed by atoms with E-state index in [0.29, 0.717) is 17.7 Å². The standard InChI is InChI=1S/C16H15N3O/c1-19(15-8-4-13(11-17)5-9-15)16(20)10-12-2-6-14(18)7-3-12/h2-9H,10,18H2,1H3. The van der Waals surface area contributed by atoms with Crippen LogP contribution in [-0.4, -0.2) is 13.0 Å². The predicted molar refractivity (Wildman–Crippen MR) is 79.1 cm³/mol. The Hall–Kier alpha value is -2.80. The number of hydrogen-bond acceptors (Lipinski definition) is 3. The first-order valence-corrected chi connectivity index (χ1v) is 6.21. The molecule has 0 aromatic heterocycles. The number of benzene rings is 2. The SMILES string of the molecule is CN(C(=O)Cc1ccc(N)cc1)c1ccc(C#N)cc1. The van der Waals surface area contributed by atoms with E-state index in [-0.39, 0.29) is 5.91 Å². The summed E-state index contributed by atoms with van der Waals surface area (Å²) in [6.45, 7) is 0. The van der Waals surface area contributed by atoms with Crippen LogP contribution in [0.25, 0.3) is 0 Å². The Balaban J connectivity index is 2.08. The summed E-state index contributed by atoms with van der Waals surface area (Å²) in [5.74, 6) is -0.0144. The fourth-order valence-electron chi connectivity index (χ4n) is 1.83. The van der Waals surface area contributed by atoms with Gasteiger partial charge in [0.1, 0.15) is 0 Å². The summed E-state index contributed by atoms with van der Waals surface area (Å²) in [5, 5.41) is 8.75. The van der Waals surface area contributed by atoms with E-state index in [0.717, 1.165) is 11.3 Å². The number of carbonyl (C=O) groups is 1. The molecular formula is C16H15N3O. The molecule has 0 saturated carbocycles. The van der Waals surface area contributed by atoms with Crippen molar-refractivity contribution in [3.05, 3.63) is 59.7 Å². The average molecular weight is 265 g/mol. The lowest BCUT2D eigenvalue weighted by molar-refractivity contribution is -0.117. The Morgan fingerprint density at radius 1 is 1.15 bits per heavy atom. The molecule has 2 rings (SSSR count). The monoisotopic (exact) mass is 265 g/mol. The van der Waals surface area contributed by atoms with Crippen molar-refractivity contribution in [3.63, 3.8) is 0 Å². The molecule has 0 aliphatic rings. The first kappa shape index (κ1) is 13.6. The van der Waals surface area contributed by atoms with E-state index < -0.39 is 0 Å². The van der Waals surface area contributed by atoms with Crippen LogP contribution in [0, 0.1) is 11.3 Å². The van der Waals surface area contributed by atoms with Crippen LogP contribution in [-0.2, 0) is 11.2 Å². The largest absolute Gasteiger partial charge is 0.399 e. The van der Waals surface area contributed by atoms with Crippen molar-refractivity contribution in [2.24, 2.45) is 0 Å². The molecule has 100 valence electrons. The van der Waals surface area contributed by atoms with Gasteiger partial charge in [0.15, 0.2) is 0 Å². The Morgan fingerprint density at radius 2 is 1.75 bits per heavy atom. The summed E-state index contributed by atoms with van der Waals surface area (Å²) < 4.78 is 0. The highest BCUT2D eigenvalue weighted by atomic mass is 16.2. The van der Waals surface area contributed by atoms with E-state index in [1.165, 1.54) is 0 Å². The highest BCUT2D eigenvalue weighted by molar-refractivity contribution is 5.94. The summed E-state index contributed by atoms with van der Waals surface area (Å²) >= 11 is 0. The van der Waals surface area contributed by atoms with Crippen molar-refractivity contribution in [1.29, 1.82) is 5.26 Å². The number of rotatable bonds is 3. The van der Waals surface area contributed by atoms with Crippen LogP contribution in [0.2, 0.25) is 0 Å². The minimum Gasteiger partial charge on any atom is -0.399 e. The van der Waals surface area contributed by atoms with Gasteiger partial charge in [-0.2, -0.15) is 5.26 Å². The Labute approximate surface area is 118 Å². The minimum absolute atomic E-state index is 0.0144. The number of amides is 1. The first-order chi connectivity index (χ1) is 9.60. The third kappa shape index (κ3) is 3.15. The molecule has 0 atom stereocenters. The predicted octanol–water partition coefficient (Wildman–Crippen LogP) is 2.35. The van der Waals surface area contributed by atoms with E-state index in [1.54, 1.807) is 48.3 Å². The molecule has 4 nitrogen and oxygen atoms in total. The van der Waals surface area contributed by atoms with Crippen molar-refractivity contribution in [1.82, 2.24) is 0 Å². The molecule has 1 amide bonds. The van der Waals surface area contributed by atoms with Crippen LogP contribution in [0.4, 0.5) is 11.4 Å². The molecule has 0 spiro atoms. The molecule has 0 fully saturated rings. The molecule has 0 radical (unpaired) electrons. The number of nitrogens with two attached hydrogens (primary N) is 1. The van der Waals surface area contributed by atoms with Crippen LogP contribution in [0.5, 0.6) is 0 Å². The molecule has 0 saturated heterocycles. The number of hydrogen-bond donors (Lipinski definition) is 1. The molecule has 0 bridgehead atoms. The maximum atomic E-state index is 12.2. The molecule has 0 unspecified atom stereocenters. The number of nitrogens with zero attached hydrogens (tertiary/aromatic N) is 2. The lowest BCUT2D eigenvalue weighted by Gasteiger charge is -2.17. The quantitative estimate of drug-likeness (QED) is 0.866. The van der Waals surface area contributed by atoms with Gasteiger partial charge in [-0.15, -0.1) is 0 Å². The van der Waals surface area contributed by atoms with E-state index in [1.807, 2.05) is 12.1 Å². The van der Waals surface area contributed by atoms with Gasteiger partial charge in [0, 0.05) is 18.4 Å². The number of nitrogen functional groups attached to an aromatic ring is 1. The normalized spacial score (nSPS) is 9.80. The number of likely N-dealkylation sites (N-methyl/N-ethyl adjacent to an activating group) is 1. The second-order valence-electron chi connectivity index (χ2n) is 4.53. The van der Waals surface area contributed by atoms with Crippen LogP contribution in [0.15, 0.2) is 48.5 Å². The summed E-state index contributed by atoms with van der Waals surface area (Å²) in [4.78, 5) is 13.8. The van der Waals surface area contributed by atoms with Gasteiger partial charge in [-0.25, -0.2) is 0 Å². The summed E-state index contributed by atoms with van der Waals surface area (Å²) in [6.07, 6.45) is 0.316. The topological polar surface area (TPSA) is 70.1 Å². The van der Waals surface area contributed by atoms with E-state index in [9.17, 15) is 4.79 Å². The van der Waals surface area contributed by atoms with Gasteiger partial charge in [0.25, 0.3) is 0 Å². The number of anilines is 2. The Morgan fingerprint density at radius 3 is 2.30 bits per heavy atom. The summed E-state index contributed by atoms with van der Waals surface area (Å²) in [7, 11) is 1.72. The zero-order valence-corrected chi connectivity index (χ0v) is 11.2. The van der Waals surface area contributed by atoms with Gasteiger partial charge >= 0.3 is 0 Å². The Kier molecular flexibility index (Phi) is 4.02. The molecule has 4 heteroatoms. The lowest BCUT2D eigenvalue weighted by Crippen LogP contribution is -2.27. The van der Waals surface area contributed by atoms with E-state index in [2.05, 4.69) is 6.07 Å². The zero-order valence-electron chi connectivity index (χ0n) is 11.2. The molecular weight excluding hydrogens is 250 g/mol. The molecule has 2 aromatic carbocycles. The number of carbonyl (C=O) groups excluding carboxylic acids is 1. The lowest BCUT2D eigenvalue weighted by atomic mass is 10.1. The first-order valence-electron chi connectivity index (χ1n) is 6.21. The van der Waals surface area contributed by atoms with Gasteiger partial charge in [-0.3, -0.25) is 4.79 Å². The van der Waals surface area contributed by atoms with E-state index in [4.69, 9.17) is 11.0 Å².